The summed E-state index contributed by atoms with van der Waals surface area (Å²) in [4.78, 5) is 17.3. The number of aliphatic hydroxyl groups excluding tert-OH is 1. The molecule has 0 radical (unpaired) electrons. The quantitative estimate of drug-likeness (QED) is 0.723. The molecule has 6 heteroatoms. The summed E-state index contributed by atoms with van der Waals surface area (Å²) in [5, 5.41) is 13.8. The molecule has 2 atom stereocenters. The Bertz CT molecular complexity index is 852. The zero-order valence-corrected chi connectivity index (χ0v) is 17.2. The van der Waals surface area contributed by atoms with Crippen LogP contribution in [0, 0.1) is 5.92 Å². The van der Waals surface area contributed by atoms with Gasteiger partial charge in [0.05, 0.1) is 24.3 Å². The van der Waals surface area contributed by atoms with Gasteiger partial charge in [0.2, 0.25) is 5.88 Å². The molecular weight excluding hydrogens is 388 g/mol. The number of rotatable bonds is 6. The van der Waals surface area contributed by atoms with Crippen LogP contribution in [0.15, 0.2) is 36.5 Å². The number of halogens is 1. The van der Waals surface area contributed by atoms with E-state index in [0.717, 1.165) is 36.8 Å². The van der Waals surface area contributed by atoms with Gasteiger partial charge < -0.3 is 15.2 Å². The smallest absolute Gasteiger partial charge is 0.253 e. The maximum Gasteiger partial charge on any atom is 0.253 e. The zero-order chi connectivity index (χ0) is 20.2. The SMILES string of the molecule is O=C(N[C@@H]1CCCC[C@H]1O)c1cnc(OCC2CCC2)c(-c2ccc(Cl)cc2)c1. The number of hydrogen-bond donors (Lipinski definition) is 2. The molecule has 0 saturated heterocycles. The van der Waals surface area contributed by atoms with E-state index in [1.165, 1.54) is 19.3 Å². The Hall–Kier alpha value is -2.11. The molecule has 1 aromatic carbocycles. The van der Waals surface area contributed by atoms with Crippen molar-refractivity contribution >= 4 is 17.5 Å². The highest BCUT2D eigenvalue weighted by Crippen LogP contribution is 2.32. The largest absolute Gasteiger partial charge is 0.477 e. The van der Waals surface area contributed by atoms with Crippen LogP contribution in [0.25, 0.3) is 11.1 Å². The summed E-state index contributed by atoms with van der Waals surface area (Å²) in [7, 11) is 0. The minimum atomic E-state index is -0.485. The Balaban J connectivity index is 1.56. The number of ether oxygens (including phenoxy) is 1. The van der Waals surface area contributed by atoms with Gasteiger partial charge in [0, 0.05) is 16.8 Å². The summed E-state index contributed by atoms with van der Waals surface area (Å²) in [6, 6.07) is 9.06. The summed E-state index contributed by atoms with van der Waals surface area (Å²) in [5.74, 6) is 0.906. The molecule has 2 aromatic rings. The van der Waals surface area contributed by atoms with Gasteiger partial charge in [-0.25, -0.2) is 4.98 Å². The van der Waals surface area contributed by atoms with Gasteiger partial charge in [0.25, 0.3) is 5.91 Å². The van der Waals surface area contributed by atoms with Gasteiger partial charge in [-0.3, -0.25) is 4.79 Å². The van der Waals surface area contributed by atoms with Crippen LogP contribution >= 0.6 is 11.6 Å². The van der Waals surface area contributed by atoms with Crippen molar-refractivity contribution < 1.29 is 14.6 Å². The van der Waals surface area contributed by atoms with Crippen molar-refractivity contribution in [2.45, 2.75) is 57.1 Å². The molecule has 0 spiro atoms. The molecule has 0 unspecified atom stereocenters. The van der Waals surface area contributed by atoms with Crippen LogP contribution < -0.4 is 10.1 Å². The van der Waals surface area contributed by atoms with Crippen LogP contribution in [0.3, 0.4) is 0 Å². The number of carbonyl (C=O) groups is 1. The molecule has 1 amide bonds. The highest BCUT2D eigenvalue weighted by molar-refractivity contribution is 6.30. The summed E-state index contributed by atoms with van der Waals surface area (Å²) in [6.45, 7) is 0.646. The third kappa shape index (κ3) is 4.90. The molecule has 29 heavy (non-hydrogen) atoms. The van der Waals surface area contributed by atoms with Crippen LogP contribution in [0.4, 0.5) is 0 Å². The van der Waals surface area contributed by atoms with Crippen LogP contribution in [-0.4, -0.2) is 34.8 Å². The zero-order valence-electron chi connectivity index (χ0n) is 16.4. The first kappa shape index (κ1) is 20.2. The predicted molar refractivity (Wildman–Crippen MR) is 113 cm³/mol. The van der Waals surface area contributed by atoms with Gasteiger partial charge in [0.1, 0.15) is 0 Å². The Labute approximate surface area is 176 Å². The van der Waals surface area contributed by atoms with Gasteiger partial charge in [0.15, 0.2) is 0 Å². The molecule has 2 fully saturated rings. The van der Waals surface area contributed by atoms with Crippen molar-refractivity contribution in [2.24, 2.45) is 5.92 Å². The molecule has 154 valence electrons. The Morgan fingerprint density at radius 2 is 1.90 bits per heavy atom. The van der Waals surface area contributed by atoms with E-state index in [1.807, 2.05) is 30.3 Å². The summed E-state index contributed by atoms with van der Waals surface area (Å²) in [6.07, 6.45) is 8.27. The predicted octanol–water partition coefficient (Wildman–Crippen LogP) is 4.61. The summed E-state index contributed by atoms with van der Waals surface area (Å²) >= 11 is 6.04. The van der Waals surface area contributed by atoms with Crippen molar-refractivity contribution in [3.8, 4) is 17.0 Å². The van der Waals surface area contributed by atoms with E-state index in [4.69, 9.17) is 16.3 Å². The molecule has 1 aromatic heterocycles. The minimum Gasteiger partial charge on any atom is -0.477 e. The third-order valence-electron chi connectivity index (χ3n) is 6.00. The lowest BCUT2D eigenvalue weighted by Crippen LogP contribution is -2.45. The van der Waals surface area contributed by atoms with E-state index in [9.17, 15) is 9.90 Å². The monoisotopic (exact) mass is 414 g/mol. The van der Waals surface area contributed by atoms with E-state index in [-0.39, 0.29) is 11.9 Å². The Morgan fingerprint density at radius 1 is 1.14 bits per heavy atom. The lowest BCUT2D eigenvalue weighted by molar-refractivity contribution is 0.0717. The second-order valence-corrected chi connectivity index (χ2v) is 8.56. The average molecular weight is 415 g/mol. The van der Waals surface area contributed by atoms with Crippen LogP contribution in [-0.2, 0) is 0 Å². The number of aromatic nitrogens is 1. The van der Waals surface area contributed by atoms with E-state index < -0.39 is 6.10 Å². The maximum atomic E-state index is 12.8. The number of aliphatic hydroxyl groups is 1. The van der Waals surface area contributed by atoms with Gasteiger partial charge >= 0.3 is 0 Å². The molecular formula is C23H27ClN2O3. The van der Waals surface area contributed by atoms with Gasteiger partial charge in [-0.05, 0) is 55.4 Å². The lowest BCUT2D eigenvalue weighted by Gasteiger charge is -2.28. The highest BCUT2D eigenvalue weighted by atomic mass is 35.5. The van der Waals surface area contributed by atoms with Crippen molar-refractivity contribution in [3.05, 3.63) is 47.1 Å². The number of benzene rings is 1. The molecule has 1 heterocycles. The highest BCUT2D eigenvalue weighted by Gasteiger charge is 2.26. The summed E-state index contributed by atoms with van der Waals surface area (Å²) in [5.41, 5.74) is 2.14. The average Bonchev–Trinajstić information content (AvgIpc) is 2.69. The Morgan fingerprint density at radius 3 is 2.59 bits per heavy atom. The first-order valence-corrected chi connectivity index (χ1v) is 10.9. The molecule has 2 aliphatic rings. The topological polar surface area (TPSA) is 71.5 Å². The fourth-order valence-corrected chi connectivity index (χ4v) is 4.04. The van der Waals surface area contributed by atoms with Crippen molar-refractivity contribution in [3.63, 3.8) is 0 Å². The van der Waals surface area contributed by atoms with Crippen molar-refractivity contribution in [2.75, 3.05) is 6.61 Å². The van der Waals surface area contributed by atoms with Crippen molar-refractivity contribution in [1.82, 2.24) is 10.3 Å². The molecule has 2 N–H and O–H groups in total. The fourth-order valence-electron chi connectivity index (χ4n) is 3.92. The first-order valence-electron chi connectivity index (χ1n) is 10.5. The Kier molecular flexibility index (Phi) is 6.36. The van der Waals surface area contributed by atoms with Gasteiger partial charge in [-0.15, -0.1) is 0 Å². The van der Waals surface area contributed by atoms with E-state index in [1.54, 1.807) is 6.20 Å². The molecule has 2 saturated carbocycles. The van der Waals surface area contributed by atoms with E-state index in [0.29, 0.717) is 29.0 Å². The van der Waals surface area contributed by atoms with Crippen LogP contribution in [0.2, 0.25) is 5.02 Å². The second kappa shape index (κ2) is 9.14. The second-order valence-electron chi connectivity index (χ2n) is 8.12. The number of nitrogens with zero attached hydrogens (tertiary/aromatic N) is 1. The van der Waals surface area contributed by atoms with Crippen LogP contribution in [0.1, 0.15) is 55.3 Å². The molecule has 0 aliphatic heterocycles. The molecule has 5 nitrogen and oxygen atoms in total. The first-order chi connectivity index (χ1) is 14.1. The third-order valence-corrected chi connectivity index (χ3v) is 6.25. The van der Waals surface area contributed by atoms with Crippen molar-refractivity contribution in [1.29, 1.82) is 0 Å². The number of carbonyl (C=O) groups excluding carboxylic acids is 1. The minimum absolute atomic E-state index is 0.204. The standard InChI is InChI=1S/C23H27ClN2O3/c24-18-10-8-16(9-11-18)19-12-17(13-25-23(19)29-14-15-4-3-5-15)22(28)26-20-6-1-2-7-21(20)27/h8-13,15,20-21,27H,1-7,14H2,(H,26,28)/t20-,21-/m1/s1. The van der Waals surface area contributed by atoms with Gasteiger partial charge in [-0.1, -0.05) is 43.0 Å². The normalized spacial score (nSPS) is 22.0. The van der Waals surface area contributed by atoms with E-state index >= 15 is 0 Å². The van der Waals surface area contributed by atoms with Gasteiger partial charge in [-0.2, -0.15) is 0 Å². The molecule has 2 aliphatic carbocycles. The summed E-state index contributed by atoms with van der Waals surface area (Å²) < 4.78 is 6.01. The molecule has 4 rings (SSSR count). The number of pyridine rings is 1. The molecule has 0 bridgehead atoms. The number of hydrogen-bond acceptors (Lipinski definition) is 4. The number of amides is 1. The maximum absolute atomic E-state index is 12.8. The lowest BCUT2D eigenvalue weighted by atomic mass is 9.86. The van der Waals surface area contributed by atoms with Crippen LogP contribution in [0.5, 0.6) is 5.88 Å². The number of nitrogens with one attached hydrogen (secondary N) is 1. The van der Waals surface area contributed by atoms with E-state index in [2.05, 4.69) is 10.3 Å². The fraction of sp³-hybridized carbons (Fsp3) is 0.478.